The average molecular weight is 134 g/mol. The van der Waals surface area contributed by atoms with E-state index in [1.807, 2.05) is 26.0 Å². The van der Waals surface area contributed by atoms with Crippen LogP contribution in [0.5, 0.6) is 0 Å². The van der Waals surface area contributed by atoms with Crippen LogP contribution in [0.3, 0.4) is 0 Å². The van der Waals surface area contributed by atoms with Crippen molar-refractivity contribution < 1.29 is 0 Å². The Morgan fingerprint density at radius 1 is 1.20 bits per heavy atom. The molecule has 0 aliphatic carbocycles. The van der Waals surface area contributed by atoms with E-state index in [9.17, 15) is 0 Å². The molecule has 0 fully saturated rings. The van der Waals surface area contributed by atoms with E-state index < -0.39 is 0 Å². The topological polar surface area (TPSA) is 26.0 Å². The molecule has 0 spiro atoms. The highest BCUT2D eigenvalue weighted by Gasteiger charge is 1.96. The molecule has 0 amide bonds. The van der Waals surface area contributed by atoms with Gasteiger partial charge in [-0.25, -0.2) is 0 Å². The largest absolute Gasteiger partial charge is 0.398 e. The summed E-state index contributed by atoms with van der Waals surface area (Å²) in [5, 5.41) is 0. The van der Waals surface area contributed by atoms with Crippen molar-refractivity contribution in [1.29, 1.82) is 0 Å². The van der Waals surface area contributed by atoms with E-state index in [2.05, 4.69) is 6.92 Å². The van der Waals surface area contributed by atoms with E-state index in [0.717, 1.165) is 22.4 Å². The lowest BCUT2D eigenvalue weighted by atomic mass is 10.1. The highest BCUT2D eigenvalue weighted by molar-refractivity contribution is 5.54. The van der Waals surface area contributed by atoms with Crippen LogP contribution in [-0.2, 0) is 0 Å². The van der Waals surface area contributed by atoms with E-state index in [4.69, 9.17) is 5.73 Å². The Hall–Kier alpha value is -0.980. The first-order valence-electron chi connectivity index (χ1n) is 3.30. The van der Waals surface area contributed by atoms with Gasteiger partial charge in [0.1, 0.15) is 0 Å². The van der Waals surface area contributed by atoms with Gasteiger partial charge < -0.3 is 5.73 Å². The first kappa shape index (κ1) is 7.13. The summed E-state index contributed by atoms with van der Waals surface area (Å²) in [4.78, 5) is 0. The molecule has 0 saturated heterocycles. The predicted octanol–water partition coefficient (Wildman–Crippen LogP) is 2.07. The van der Waals surface area contributed by atoms with Gasteiger partial charge in [0.15, 0.2) is 0 Å². The molecule has 0 unspecified atom stereocenters. The first-order valence-corrected chi connectivity index (χ1v) is 3.30. The Morgan fingerprint density at radius 3 is 2.00 bits per heavy atom. The van der Waals surface area contributed by atoms with Crippen LogP contribution in [0.25, 0.3) is 0 Å². The molecule has 1 rings (SSSR count). The van der Waals surface area contributed by atoms with E-state index in [-0.39, 0.29) is 0 Å². The Labute approximate surface area is 61.9 Å². The minimum atomic E-state index is 0.882. The van der Waals surface area contributed by atoms with Crippen molar-refractivity contribution in [2.75, 3.05) is 5.73 Å². The molecule has 1 heteroatoms. The van der Waals surface area contributed by atoms with Crippen molar-refractivity contribution in [1.82, 2.24) is 0 Å². The number of hydrogen-bond acceptors (Lipinski definition) is 1. The van der Waals surface area contributed by atoms with Crippen LogP contribution >= 0.6 is 0 Å². The van der Waals surface area contributed by atoms with Gasteiger partial charge in [-0.1, -0.05) is 12.1 Å². The Morgan fingerprint density at radius 2 is 1.60 bits per heavy atom. The number of nitrogen functional groups attached to an aromatic ring is 1. The maximum Gasteiger partial charge on any atom is 0.0373 e. The maximum absolute atomic E-state index is 5.72. The van der Waals surface area contributed by atoms with Gasteiger partial charge in [-0.15, -0.1) is 0 Å². The molecule has 0 bridgehead atoms. The average Bonchev–Trinajstić information content (AvgIpc) is 1.82. The van der Waals surface area contributed by atoms with Crippen LogP contribution in [-0.4, -0.2) is 0 Å². The summed E-state index contributed by atoms with van der Waals surface area (Å²) in [5.74, 6) is 0. The Kier molecular flexibility index (Phi) is 1.66. The van der Waals surface area contributed by atoms with Crippen molar-refractivity contribution in [2.45, 2.75) is 13.8 Å². The lowest BCUT2D eigenvalue weighted by molar-refractivity contribution is 1.37. The lowest BCUT2D eigenvalue weighted by Gasteiger charge is -2.04. The lowest BCUT2D eigenvalue weighted by Crippen LogP contribution is -1.93. The van der Waals surface area contributed by atoms with Gasteiger partial charge >= 0.3 is 0 Å². The highest BCUT2D eigenvalue weighted by atomic mass is 14.6. The molecule has 0 aliphatic rings. The molecule has 0 saturated carbocycles. The van der Waals surface area contributed by atoms with Crippen molar-refractivity contribution in [3.8, 4) is 0 Å². The minimum Gasteiger partial charge on any atom is -0.398 e. The van der Waals surface area contributed by atoms with E-state index >= 15 is 0 Å². The van der Waals surface area contributed by atoms with Gasteiger partial charge in [0, 0.05) is 5.69 Å². The van der Waals surface area contributed by atoms with Crippen molar-refractivity contribution in [2.24, 2.45) is 0 Å². The number of aryl methyl sites for hydroxylation is 2. The van der Waals surface area contributed by atoms with Crippen molar-refractivity contribution >= 4 is 5.69 Å². The minimum absolute atomic E-state index is 0.882. The van der Waals surface area contributed by atoms with E-state index in [0.29, 0.717) is 0 Å². The molecule has 2 N–H and O–H groups in total. The molecule has 1 radical (unpaired) electrons. The van der Waals surface area contributed by atoms with E-state index in [1.54, 1.807) is 0 Å². The van der Waals surface area contributed by atoms with Gasteiger partial charge in [-0.3, -0.25) is 0 Å². The van der Waals surface area contributed by atoms with E-state index in [1.165, 1.54) is 0 Å². The zero-order chi connectivity index (χ0) is 7.72. The zero-order valence-corrected chi connectivity index (χ0v) is 6.44. The molecule has 0 atom stereocenters. The number of anilines is 1. The second kappa shape index (κ2) is 2.33. The van der Waals surface area contributed by atoms with Crippen LogP contribution < -0.4 is 5.73 Å². The van der Waals surface area contributed by atoms with Crippen LogP contribution in [0.2, 0.25) is 0 Å². The fourth-order valence-electron chi connectivity index (χ4n) is 1.06. The van der Waals surface area contributed by atoms with Crippen LogP contribution in [0.1, 0.15) is 16.7 Å². The maximum atomic E-state index is 5.72. The monoisotopic (exact) mass is 134 g/mol. The van der Waals surface area contributed by atoms with Gasteiger partial charge in [0.2, 0.25) is 0 Å². The number of rotatable bonds is 0. The second-order valence-corrected chi connectivity index (χ2v) is 2.64. The number of hydrogen-bond donors (Lipinski definition) is 1. The summed E-state index contributed by atoms with van der Waals surface area (Å²) >= 11 is 0. The number of benzene rings is 1. The zero-order valence-electron chi connectivity index (χ0n) is 6.44. The van der Waals surface area contributed by atoms with Gasteiger partial charge in [0.25, 0.3) is 0 Å². The van der Waals surface area contributed by atoms with Gasteiger partial charge in [-0.05, 0) is 37.5 Å². The summed E-state index contributed by atoms with van der Waals surface area (Å²) in [6.07, 6.45) is 0. The molecular formula is C9H12N. The molecule has 0 heterocycles. The van der Waals surface area contributed by atoms with Crippen molar-refractivity contribution in [3.05, 3.63) is 35.7 Å². The fraction of sp³-hybridized carbons (Fsp3) is 0.222. The SMILES string of the molecule is [CH2]c1cc(C)c(N)c(C)c1. The Bertz CT molecular complexity index is 228. The predicted molar refractivity (Wildman–Crippen MR) is 44.8 cm³/mol. The standard InChI is InChI=1S/C9H12N/c1-6-4-7(2)9(10)8(3)5-6/h4-5H,1,10H2,2-3H3. The van der Waals surface area contributed by atoms with Crippen LogP contribution in [0, 0.1) is 20.8 Å². The summed E-state index contributed by atoms with van der Waals surface area (Å²) in [6.45, 7) is 7.82. The van der Waals surface area contributed by atoms with Gasteiger partial charge in [0.05, 0.1) is 0 Å². The summed E-state index contributed by atoms with van der Waals surface area (Å²) in [6, 6.07) is 3.98. The quantitative estimate of drug-likeness (QED) is 0.540. The third-order valence-corrected chi connectivity index (χ3v) is 1.65. The summed E-state index contributed by atoms with van der Waals surface area (Å²) < 4.78 is 0. The van der Waals surface area contributed by atoms with Crippen LogP contribution in [0.4, 0.5) is 5.69 Å². The van der Waals surface area contributed by atoms with Crippen LogP contribution in [0.15, 0.2) is 12.1 Å². The molecule has 1 aromatic carbocycles. The molecule has 53 valence electrons. The van der Waals surface area contributed by atoms with Crippen molar-refractivity contribution in [3.63, 3.8) is 0 Å². The third kappa shape index (κ3) is 1.13. The normalized spacial score (nSPS) is 9.90. The molecule has 1 aromatic rings. The second-order valence-electron chi connectivity index (χ2n) is 2.64. The molecule has 0 aliphatic heterocycles. The summed E-state index contributed by atoms with van der Waals surface area (Å²) in [5.41, 5.74) is 9.87. The smallest absolute Gasteiger partial charge is 0.0373 e. The molecule has 0 aromatic heterocycles. The molecular weight excluding hydrogens is 122 g/mol. The fourth-order valence-corrected chi connectivity index (χ4v) is 1.06. The summed E-state index contributed by atoms with van der Waals surface area (Å²) in [7, 11) is 0. The molecule has 10 heavy (non-hydrogen) atoms. The third-order valence-electron chi connectivity index (χ3n) is 1.65. The molecule has 1 nitrogen and oxygen atoms in total. The number of nitrogens with two attached hydrogens (primary N) is 1. The highest BCUT2D eigenvalue weighted by Crippen LogP contribution is 2.17. The first-order chi connectivity index (χ1) is 4.61. The Balaban J connectivity index is 3.31. The van der Waals surface area contributed by atoms with Gasteiger partial charge in [-0.2, -0.15) is 0 Å².